The van der Waals surface area contributed by atoms with Crippen LogP contribution in [0.3, 0.4) is 0 Å². The van der Waals surface area contributed by atoms with Crippen molar-refractivity contribution >= 4 is 29.9 Å². The van der Waals surface area contributed by atoms with Crippen LogP contribution in [0.2, 0.25) is 0 Å². The van der Waals surface area contributed by atoms with E-state index in [4.69, 9.17) is 19.2 Å². The summed E-state index contributed by atoms with van der Waals surface area (Å²) in [5.74, 6) is 2.48. The largest absolute Gasteiger partial charge is 0.486 e. The number of guanidine groups is 1. The molecule has 2 heterocycles. The summed E-state index contributed by atoms with van der Waals surface area (Å²) in [6.45, 7) is 13.0. The van der Waals surface area contributed by atoms with Gasteiger partial charge in [0.2, 0.25) is 0 Å². The molecule has 3 rings (SSSR count). The fourth-order valence-corrected chi connectivity index (χ4v) is 3.42. The van der Waals surface area contributed by atoms with Gasteiger partial charge in [-0.2, -0.15) is 0 Å². The number of nitrogens with zero attached hydrogens (tertiary/aromatic N) is 1. The molecule has 1 atom stereocenters. The Hall–Kier alpha value is -1.22. The van der Waals surface area contributed by atoms with E-state index >= 15 is 0 Å². The van der Waals surface area contributed by atoms with Crippen molar-refractivity contribution in [1.82, 2.24) is 10.6 Å². The van der Waals surface area contributed by atoms with Crippen molar-refractivity contribution in [3.63, 3.8) is 0 Å². The molecule has 0 aliphatic carbocycles. The molecule has 28 heavy (non-hydrogen) atoms. The third-order valence-corrected chi connectivity index (χ3v) is 5.23. The smallest absolute Gasteiger partial charge is 0.191 e. The highest BCUT2D eigenvalue weighted by Gasteiger charge is 2.30. The number of benzene rings is 1. The quantitative estimate of drug-likeness (QED) is 0.354. The first-order chi connectivity index (χ1) is 12.9. The van der Waals surface area contributed by atoms with Gasteiger partial charge in [0.1, 0.15) is 13.2 Å². The van der Waals surface area contributed by atoms with Gasteiger partial charge in [-0.3, -0.25) is 4.99 Å². The highest BCUT2D eigenvalue weighted by atomic mass is 127. The Morgan fingerprint density at radius 1 is 1.14 bits per heavy atom. The standard InChI is InChI=1S/C21H33N3O3.HI/c1-5-22-19(24-15-21(4)9-6-10-27-21)23-14-20(2,3)16-7-8-17-18(13-16)26-12-11-25-17;/h7-8,13H,5-6,9-12,14-15H2,1-4H3,(H2,22,23,24);1H. The lowest BCUT2D eigenvalue weighted by Gasteiger charge is -2.27. The van der Waals surface area contributed by atoms with E-state index in [0.717, 1.165) is 50.0 Å². The summed E-state index contributed by atoms with van der Waals surface area (Å²) < 4.78 is 17.2. The maximum Gasteiger partial charge on any atom is 0.191 e. The molecule has 2 aliphatic heterocycles. The normalized spacial score (nSPS) is 21.8. The number of nitrogens with one attached hydrogen (secondary N) is 2. The molecule has 1 fully saturated rings. The van der Waals surface area contributed by atoms with Gasteiger partial charge in [-0.15, -0.1) is 24.0 Å². The summed E-state index contributed by atoms with van der Waals surface area (Å²) in [7, 11) is 0. The number of hydrogen-bond acceptors (Lipinski definition) is 4. The number of fused-ring (bicyclic) bond motifs is 1. The van der Waals surface area contributed by atoms with Gasteiger partial charge in [-0.05, 0) is 44.4 Å². The Kier molecular flexibility index (Phi) is 8.24. The molecule has 0 amide bonds. The maximum absolute atomic E-state index is 5.87. The fraction of sp³-hybridized carbons (Fsp3) is 0.667. The molecule has 0 aromatic heterocycles. The van der Waals surface area contributed by atoms with Crippen molar-refractivity contribution in [2.45, 2.75) is 51.6 Å². The molecule has 1 aromatic carbocycles. The molecule has 1 unspecified atom stereocenters. The minimum absolute atomic E-state index is 0. The molecule has 1 aromatic rings. The summed E-state index contributed by atoms with van der Waals surface area (Å²) in [5, 5.41) is 6.78. The Bertz CT molecular complexity index is 673. The van der Waals surface area contributed by atoms with Crippen molar-refractivity contribution in [3.8, 4) is 11.5 Å². The summed E-state index contributed by atoms with van der Waals surface area (Å²) in [5.41, 5.74) is 0.977. The van der Waals surface area contributed by atoms with Gasteiger partial charge in [-0.1, -0.05) is 19.9 Å². The molecule has 0 spiro atoms. The van der Waals surface area contributed by atoms with Gasteiger partial charge in [0.05, 0.1) is 12.1 Å². The average Bonchev–Trinajstić information content (AvgIpc) is 3.10. The van der Waals surface area contributed by atoms with Crippen molar-refractivity contribution in [3.05, 3.63) is 23.8 Å². The highest BCUT2D eigenvalue weighted by Crippen LogP contribution is 2.35. The molecule has 158 valence electrons. The number of halogens is 1. The van der Waals surface area contributed by atoms with Gasteiger partial charge in [0.15, 0.2) is 17.5 Å². The summed E-state index contributed by atoms with van der Waals surface area (Å²) in [6, 6.07) is 6.19. The van der Waals surface area contributed by atoms with Crippen LogP contribution in [0.1, 0.15) is 46.1 Å². The first-order valence-corrected chi connectivity index (χ1v) is 9.98. The molecule has 0 saturated carbocycles. The second-order valence-electron chi connectivity index (χ2n) is 8.19. The number of hydrogen-bond donors (Lipinski definition) is 2. The monoisotopic (exact) mass is 503 g/mol. The van der Waals surface area contributed by atoms with Crippen molar-refractivity contribution in [2.75, 3.05) is 39.5 Å². The topological polar surface area (TPSA) is 64.1 Å². The van der Waals surface area contributed by atoms with E-state index in [9.17, 15) is 0 Å². The minimum Gasteiger partial charge on any atom is -0.486 e. The second kappa shape index (κ2) is 10.0. The molecule has 1 saturated heterocycles. The van der Waals surface area contributed by atoms with Crippen LogP contribution >= 0.6 is 24.0 Å². The molecule has 0 bridgehead atoms. The van der Waals surface area contributed by atoms with Crippen LogP contribution in [0.5, 0.6) is 11.5 Å². The van der Waals surface area contributed by atoms with Gasteiger partial charge >= 0.3 is 0 Å². The van der Waals surface area contributed by atoms with Crippen LogP contribution in [0.15, 0.2) is 23.2 Å². The summed E-state index contributed by atoms with van der Waals surface area (Å²) in [4.78, 5) is 4.83. The predicted molar refractivity (Wildman–Crippen MR) is 123 cm³/mol. The van der Waals surface area contributed by atoms with Crippen LogP contribution in [0.25, 0.3) is 0 Å². The molecule has 6 nitrogen and oxygen atoms in total. The zero-order valence-corrected chi connectivity index (χ0v) is 19.8. The van der Waals surface area contributed by atoms with Crippen molar-refractivity contribution in [1.29, 1.82) is 0 Å². The minimum atomic E-state index is -0.119. The molecule has 7 heteroatoms. The Morgan fingerprint density at radius 2 is 1.89 bits per heavy atom. The number of aliphatic imine (C=N–C) groups is 1. The van der Waals surface area contributed by atoms with E-state index in [2.05, 4.69) is 50.5 Å². The summed E-state index contributed by atoms with van der Waals surface area (Å²) in [6.07, 6.45) is 2.21. The third-order valence-electron chi connectivity index (χ3n) is 5.23. The first-order valence-electron chi connectivity index (χ1n) is 9.98. The lowest BCUT2D eigenvalue weighted by Crippen LogP contribution is -2.46. The summed E-state index contributed by atoms with van der Waals surface area (Å²) >= 11 is 0. The van der Waals surface area contributed by atoms with Crippen LogP contribution < -0.4 is 20.1 Å². The average molecular weight is 503 g/mol. The molecular weight excluding hydrogens is 469 g/mol. The van der Waals surface area contributed by atoms with E-state index < -0.39 is 0 Å². The van der Waals surface area contributed by atoms with Gasteiger partial charge < -0.3 is 24.8 Å². The number of ether oxygens (including phenoxy) is 3. The van der Waals surface area contributed by atoms with E-state index in [1.54, 1.807) is 0 Å². The maximum atomic E-state index is 5.87. The van der Waals surface area contributed by atoms with E-state index in [-0.39, 0.29) is 35.0 Å². The Labute approximate surface area is 185 Å². The molecule has 0 radical (unpaired) electrons. The van der Waals surface area contributed by atoms with E-state index in [1.807, 2.05) is 6.07 Å². The second-order valence-corrected chi connectivity index (χ2v) is 8.19. The molecule has 2 aliphatic rings. The van der Waals surface area contributed by atoms with E-state index in [1.165, 1.54) is 5.56 Å². The molecule has 2 N–H and O–H groups in total. The predicted octanol–water partition coefficient (Wildman–Crippen LogP) is 3.48. The molecular formula is C21H34IN3O3. The lowest BCUT2D eigenvalue weighted by molar-refractivity contribution is 0.0243. The number of rotatable bonds is 6. The zero-order valence-electron chi connectivity index (χ0n) is 17.5. The van der Waals surface area contributed by atoms with Crippen molar-refractivity contribution in [2.24, 2.45) is 4.99 Å². The lowest BCUT2D eigenvalue weighted by atomic mass is 9.84. The Balaban J connectivity index is 0.00000280. The van der Waals surface area contributed by atoms with E-state index in [0.29, 0.717) is 19.8 Å². The van der Waals surface area contributed by atoms with Crippen LogP contribution in [-0.4, -0.2) is 51.0 Å². The highest BCUT2D eigenvalue weighted by molar-refractivity contribution is 14.0. The van der Waals surface area contributed by atoms with Crippen LogP contribution in [0, 0.1) is 0 Å². The third kappa shape index (κ3) is 5.89. The first kappa shape index (κ1) is 23.1. The van der Waals surface area contributed by atoms with Crippen LogP contribution in [0.4, 0.5) is 0 Å². The van der Waals surface area contributed by atoms with Gasteiger partial charge in [0.25, 0.3) is 0 Å². The Morgan fingerprint density at radius 3 is 2.57 bits per heavy atom. The van der Waals surface area contributed by atoms with Gasteiger partial charge in [-0.25, -0.2) is 0 Å². The SMILES string of the molecule is CCNC(=NCC(C)(C)c1ccc2c(c1)OCCO2)NCC1(C)CCCO1.I. The zero-order chi connectivity index (χ0) is 19.3. The van der Waals surface area contributed by atoms with Gasteiger partial charge in [0, 0.05) is 25.1 Å². The fourth-order valence-electron chi connectivity index (χ4n) is 3.42. The van der Waals surface area contributed by atoms with Crippen LogP contribution in [-0.2, 0) is 10.2 Å². The van der Waals surface area contributed by atoms with Crippen molar-refractivity contribution < 1.29 is 14.2 Å².